The van der Waals surface area contributed by atoms with Gasteiger partial charge in [0.1, 0.15) is 12.3 Å². The van der Waals surface area contributed by atoms with Crippen LogP contribution in [0.3, 0.4) is 0 Å². The number of methoxy groups -OCH3 is 1. The van der Waals surface area contributed by atoms with Crippen LogP contribution >= 0.6 is 11.6 Å². The molecule has 0 atom stereocenters. The van der Waals surface area contributed by atoms with Crippen molar-refractivity contribution < 1.29 is 17.9 Å². The summed E-state index contributed by atoms with van der Waals surface area (Å²) < 4.78 is 33.3. The summed E-state index contributed by atoms with van der Waals surface area (Å²) in [7, 11) is -2.53. The molecule has 0 fully saturated rings. The van der Waals surface area contributed by atoms with Gasteiger partial charge in [-0.25, -0.2) is 8.42 Å². The van der Waals surface area contributed by atoms with E-state index in [-0.39, 0.29) is 4.90 Å². The molecular weight excluding hydrogens is 448 g/mol. The minimum absolute atomic E-state index is 0.0840. The van der Waals surface area contributed by atoms with E-state index in [1.54, 1.807) is 42.5 Å². The van der Waals surface area contributed by atoms with E-state index in [1.807, 2.05) is 26.8 Å². The number of rotatable bonds is 7. The molecule has 0 bridgehead atoms. The van der Waals surface area contributed by atoms with Gasteiger partial charge in [0.2, 0.25) is 5.91 Å². The summed E-state index contributed by atoms with van der Waals surface area (Å²) in [6.45, 7) is 5.14. The van der Waals surface area contributed by atoms with Crippen LogP contribution in [0.15, 0.2) is 65.6 Å². The number of hydrogen-bond acceptors (Lipinski definition) is 4. The maximum Gasteiger partial charge on any atom is 0.264 e. The topological polar surface area (TPSA) is 75.7 Å². The van der Waals surface area contributed by atoms with Crippen LogP contribution in [-0.2, 0) is 14.8 Å². The number of aryl methyl sites for hydroxylation is 3. The molecule has 0 heterocycles. The maximum absolute atomic E-state index is 13.5. The zero-order chi connectivity index (χ0) is 23.5. The highest BCUT2D eigenvalue weighted by molar-refractivity contribution is 7.92. The molecule has 1 N–H and O–H groups in total. The monoisotopic (exact) mass is 472 g/mol. The molecule has 6 nitrogen and oxygen atoms in total. The zero-order valence-corrected chi connectivity index (χ0v) is 19.9. The van der Waals surface area contributed by atoms with Crippen LogP contribution in [0.4, 0.5) is 11.4 Å². The summed E-state index contributed by atoms with van der Waals surface area (Å²) >= 11 is 6.26. The van der Waals surface area contributed by atoms with Crippen molar-refractivity contribution in [1.82, 2.24) is 0 Å². The van der Waals surface area contributed by atoms with Crippen molar-refractivity contribution in [2.75, 3.05) is 23.3 Å². The lowest BCUT2D eigenvalue weighted by Crippen LogP contribution is -2.38. The fourth-order valence-electron chi connectivity index (χ4n) is 3.13. The first-order valence-corrected chi connectivity index (χ1v) is 11.7. The molecule has 0 unspecified atom stereocenters. The van der Waals surface area contributed by atoms with E-state index >= 15 is 0 Å². The second kappa shape index (κ2) is 9.63. The standard InChI is InChI=1S/C24H25ClN2O4S/c1-16-5-10-20(11-6-16)32(29,30)27(19-9-8-18(3)21(25)14-19)15-24(28)26-22-13-17(2)7-12-23(22)31-4/h5-14H,15H2,1-4H3,(H,26,28). The second-order valence-electron chi connectivity index (χ2n) is 7.51. The molecule has 3 aromatic rings. The minimum Gasteiger partial charge on any atom is -0.495 e. The average Bonchev–Trinajstić information content (AvgIpc) is 2.74. The number of sulfonamides is 1. The molecule has 168 valence electrons. The highest BCUT2D eigenvalue weighted by Crippen LogP contribution is 2.29. The Bertz CT molecular complexity index is 1240. The number of carbonyl (C=O) groups excluding carboxylic acids is 1. The third-order valence-corrected chi connectivity index (χ3v) is 7.16. The number of nitrogens with one attached hydrogen (secondary N) is 1. The summed E-state index contributed by atoms with van der Waals surface area (Å²) in [6.07, 6.45) is 0. The SMILES string of the molecule is COc1ccc(C)cc1NC(=O)CN(c1ccc(C)c(Cl)c1)S(=O)(=O)c1ccc(C)cc1. The Morgan fingerprint density at radius 3 is 2.25 bits per heavy atom. The number of anilines is 2. The molecule has 0 aliphatic heterocycles. The first-order valence-electron chi connectivity index (χ1n) is 9.92. The Balaban J connectivity index is 1.99. The van der Waals surface area contributed by atoms with Gasteiger partial charge in [0.05, 0.1) is 23.4 Å². The Morgan fingerprint density at radius 1 is 0.969 bits per heavy atom. The van der Waals surface area contributed by atoms with Crippen LogP contribution in [0.2, 0.25) is 5.02 Å². The summed E-state index contributed by atoms with van der Waals surface area (Å²) in [5.74, 6) is -0.0310. The molecule has 3 aromatic carbocycles. The number of halogens is 1. The molecule has 0 aliphatic rings. The van der Waals surface area contributed by atoms with Crippen molar-refractivity contribution in [3.05, 3.63) is 82.4 Å². The lowest BCUT2D eigenvalue weighted by molar-refractivity contribution is -0.114. The van der Waals surface area contributed by atoms with Crippen molar-refractivity contribution in [2.45, 2.75) is 25.7 Å². The van der Waals surface area contributed by atoms with Crippen LogP contribution in [0.5, 0.6) is 5.75 Å². The predicted molar refractivity (Wildman–Crippen MR) is 128 cm³/mol. The van der Waals surface area contributed by atoms with Crippen molar-refractivity contribution >= 4 is 38.9 Å². The number of carbonyl (C=O) groups is 1. The molecule has 0 aromatic heterocycles. The van der Waals surface area contributed by atoms with Crippen LogP contribution in [0.1, 0.15) is 16.7 Å². The summed E-state index contributed by atoms with van der Waals surface area (Å²) in [4.78, 5) is 13.0. The summed E-state index contributed by atoms with van der Waals surface area (Å²) in [5.41, 5.74) is 3.42. The van der Waals surface area contributed by atoms with Gasteiger partial charge in [0.15, 0.2) is 0 Å². The van der Waals surface area contributed by atoms with E-state index in [9.17, 15) is 13.2 Å². The van der Waals surface area contributed by atoms with Crippen LogP contribution in [0, 0.1) is 20.8 Å². The first-order chi connectivity index (χ1) is 15.1. The quantitative estimate of drug-likeness (QED) is 0.518. The van der Waals surface area contributed by atoms with Gasteiger partial charge >= 0.3 is 0 Å². The molecular formula is C24H25ClN2O4S. The predicted octanol–water partition coefficient (Wildman–Crippen LogP) is 5.11. The number of amides is 1. The van der Waals surface area contributed by atoms with E-state index in [0.717, 1.165) is 21.0 Å². The number of benzene rings is 3. The molecule has 0 saturated heterocycles. The molecule has 0 radical (unpaired) electrons. The fraction of sp³-hybridized carbons (Fsp3) is 0.208. The smallest absolute Gasteiger partial charge is 0.264 e. The molecule has 1 amide bonds. The number of ether oxygens (including phenoxy) is 1. The van der Waals surface area contributed by atoms with E-state index in [1.165, 1.54) is 19.2 Å². The van der Waals surface area contributed by atoms with Gasteiger partial charge < -0.3 is 10.1 Å². The Hall–Kier alpha value is -3.03. The third-order valence-electron chi connectivity index (χ3n) is 4.97. The van der Waals surface area contributed by atoms with Gasteiger partial charge in [-0.05, 0) is 68.3 Å². The Morgan fingerprint density at radius 2 is 1.62 bits per heavy atom. The number of hydrogen-bond donors (Lipinski definition) is 1. The number of nitrogens with zero attached hydrogens (tertiary/aromatic N) is 1. The molecule has 32 heavy (non-hydrogen) atoms. The molecule has 0 aliphatic carbocycles. The molecule has 3 rings (SSSR count). The largest absolute Gasteiger partial charge is 0.495 e. The molecule has 8 heteroatoms. The first kappa shape index (κ1) is 23.6. The maximum atomic E-state index is 13.5. The minimum atomic E-state index is -4.03. The normalized spacial score (nSPS) is 11.2. The van der Waals surface area contributed by atoms with Crippen molar-refractivity contribution in [2.24, 2.45) is 0 Å². The molecule has 0 spiro atoms. The lowest BCUT2D eigenvalue weighted by atomic mass is 10.2. The van der Waals surface area contributed by atoms with Crippen LogP contribution in [-0.4, -0.2) is 28.0 Å². The van der Waals surface area contributed by atoms with Gasteiger partial charge in [-0.1, -0.05) is 41.4 Å². The highest BCUT2D eigenvalue weighted by Gasteiger charge is 2.28. The Kier molecular flexibility index (Phi) is 7.11. The van der Waals surface area contributed by atoms with E-state index in [0.29, 0.717) is 22.1 Å². The second-order valence-corrected chi connectivity index (χ2v) is 9.78. The fourth-order valence-corrected chi connectivity index (χ4v) is 4.72. The third kappa shape index (κ3) is 5.23. The van der Waals surface area contributed by atoms with E-state index < -0.39 is 22.5 Å². The summed E-state index contributed by atoms with van der Waals surface area (Å²) in [5, 5.41) is 3.17. The highest BCUT2D eigenvalue weighted by atomic mass is 35.5. The van der Waals surface area contributed by atoms with Crippen molar-refractivity contribution in [3.8, 4) is 5.75 Å². The van der Waals surface area contributed by atoms with Gasteiger partial charge in [0.25, 0.3) is 10.0 Å². The summed E-state index contributed by atoms with van der Waals surface area (Å²) in [6, 6.07) is 16.7. The average molecular weight is 473 g/mol. The van der Waals surface area contributed by atoms with Crippen molar-refractivity contribution in [3.63, 3.8) is 0 Å². The van der Waals surface area contributed by atoms with Crippen LogP contribution in [0.25, 0.3) is 0 Å². The van der Waals surface area contributed by atoms with Crippen LogP contribution < -0.4 is 14.4 Å². The van der Waals surface area contributed by atoms with E-state index in [4.69, 9.17) is 16.3 Å². The van der Waals surface area contributed by atoms with Crippen molar-refractivity contribution in [1.29, 1.82) is 0 Å². The molecule has 0 saturated carbocycles. The zero-order valence-electron chi connectivity index (χ0n) is 18.3. The lowest BCUT2D eigenvalue weighted by Gasteiger charge is -2.25. The van der Waals surface area contributed by atoms with Gasteiger partial charge in [-0.15, -0.1) is 0 Å². The Labute approximate surface area is 193 Å². The van der Waals surface area contributed by atoms with Gasteiger partial charge in [0, 0.05) is 5.02 Å². The van der Waals surface area contributed by atoms with Gasteiger partial charge in [-0.2, -0.15) is 0 Å². The van der Waals surface area contributed by atoms with E-state index in [2.05, 4.69) is 5.32 Å². The van der Waals surface area contributed by atoms with Gasteiger partial charge in [-0.3, -0.25) is 9.10 Å².